The molecule has 6 nitrogen and oxygen atoms in total. The van der Waals surface area contributed by atoms with Gasteiger partial charge < -0.3 is 14.9 Å². The van der Waals surface area contributed by atoms with Crippen molar-refractivity contribution >= 4 is 29.2 Å². The Hall–Kier alpha value is -2.09. The fourth-order valence-corrected chi connectivity index (χ4v) is 4.46. The Labute approximate surface area is 201 Å². The Kier molecular flexibility index (Phi) is 10.2. The van der Waals surface area contributed by atoms with Crippen LogP contribution in [-0.2, 0) is 14.3 Å². The molecule has 1 unspecified atom stereocenters. The number of thiazole rings is 1. The fourth-order valence-electron chi connectivity index (χ4n) is 3.89. The third-order valence-corrected chi connectivity index (χ3v) is 7.07. The maximum atomic E-state index is 12.8. The van der Waals surface area contributed by atoms with Crippen LogP contribution in [0.5, 0.6) is 0 Å². The number of Topliss-reactive ketones (excluding diaryl/α,β-unsaturated/α-hetero) is 1. The van der Waals surface area contributed by atoms with E-state index in [-0.39, 0.29) is 18.1 Å². The van der Waals surface area contributed by atoms with E-state index in [1.165, 1.54) is 0 Å². The second kappa shape index (κ2) is 12.4. The van der Waals surface area contributed by atoms with Gasteiger partial charge in [-0.1, -0.05) is 44.6 Å². The normalized spacial score (nSPS) is 33.8. The first-order chi connectivity index (χ1) is 15.5. The van der Waals surface area contributed by atoms with Gasteiger partial charge in [0.2, 0.25) is 0 Å². The number of allylic oxidation sites excluding steroid dienone is 3. The summed E-state index contributed by atoms with van der Waals surface area (Å²) < 4.78 is 5.74. The van der Waals surface area contributed by atoms with Gasteiger partial charge in [-0.2, -0.15) is 0 Å². The molecule has 1 aromatic heterocycles. The monoisotopic (exact) mass is 475 g/mol. The van der Waals surface area contributed by atoms with Gasteiger partial charge in [-0.3, -0.25) is 9.59 Å². The summed E-state index contributed by atoms with van der Waals surface area (Å²) in [5.41, 5.74) is 2.69. The molecule has 2 N–H and O–H groups in total. The maximum Gasteiger partial charge on any atom is 0.309 e. The molecular formula is C26H37NO5S. The van der Waals surface area contributed by atoms with Crippen LogP contribution in [0.3, 0.4) is 0 Å². The first-order valence-corrected chi connectivity index (χ1v) is 12.4. The van der Waals surface area contributed by atoms with E-state index in [0.717, 1.165) is 21.8 Å². The summed E-state index contributed by atoms with van der Waals surface area (Å²) in [7, 11) is 0. The quantitative estimate of drug-likeness (QED) is 0.604. The van der Waals surface area contributed by atoms with Crippen molar-refractivity contribution in [2.45, 2.75) is 79.1 Å². The number of rotatable bonds is 2. The lowest BCUT2D eigenvalue weighted by atomic mass is 9.82. The second-order valence-electron chi connectivity index (χ2n) is 9.20. The third kappa shape index (κ3) is 8.02. The average Bonchev–Trinajstić information content (AvgIpc) is 3.17. The van der Waals surface area contributed by atoms with Crippen molar-refractivity contribution in [2.75, 3.05) is 0 Å². The zero-order valence-electron chi connectivity index (χ0n) is 20.4. The molecule has 0 saturated carbocycles. The number of carbonyl (C=O) groups is 2. The Morgan fingerprint density at radius 2 is 1.85 bits per heavy atom. The van der Waals surface area contributed by atoms with E-state index >= 15 is 0 Å². The molecule has 2 rings (SSSR count). The van der Waals surface area contributed by atoms with Crippen LogP contribution in [0.4, 0.5) is 0 Å². The van der Waals surface area contributed by atoms with E-state index in [4.69, 9.17) is 4.74 Å². The van der Waals surface area contributed by atoms with Crippen molar-refractivity contribution in [2.24, 2.45) is 17.8 Å². The van der Waals surface area contributed by atoms with Crippen molar-refractivity contribution in [3.05, 3.63) is 45.5 Å². The van der Waals surface area contributed by atoms with E-state index in [0.29, 0.717) is 12.8 Å². The fraction of sp³-hybridized carbons (Fsp3) is 0.577. The van der Waals surface area contributed by atoms with Crippen LogP contribution in [0.2, 0.25) is 0 Å². The largest absolute Gasteiger partial charge is 0.457 e. The number of ether oxygens (including phenoxy) is 1. The standard InChI is InChI=1S/C26H37NO5S/c1-15-8-7-9-16(2)25(30)19(5)26(31)18(4)22(28)13-24(29)32-23(11-10-15)17(3)12-21-14-33-20(6)27-21/h7-8,10,12,14,16,18-19,22-23,25,28,30H,9,11,13H2,1-6H3/b8-7+,15-10-,17-12+/t16-,18?,19+,22-,23-,25-/m0/s1. The molecule has 182 valence electrons. The highest BCUT2D eigenvalue weighted by molar-refractivity contribution is 7.09. The molecule has 1 aromatic rings. The van der Waals surface area contributed by atoms with E-state index in [9.17, 15) is 19.8 Å². The first-order valence-electron chi connectivity index (χ1n) is 11.5. The summed E-state index contributed by atoms with van der Waals surface area (Å²) in [6.45, 7) is 11.0. The van der Waals surface area contributed by atoms with Crippen molar-refractivity contribution in [1.29, 1.82) is 0 Å². The Morgan fingerprint density at radius 3 is 2.48 bits per heavy atom. The van der Waals surface area contributed by atoms with Crippen LogP contribution >= 0.6 is 11.3 Å². The van der Waals surface area contributed by atoms with E-state index in [1.807, 2.05) is 57.4 Å². The van der Waals surface area contributed by atoms with Crippen molar-refractivity contribution in [3.63, 3.8) is 0 Å². The Bertz CT molecular complexity index is 916. The molecule has 0 aliphatic carbocycles. The number of aliphatic hydroxyl groups is 2. The molecule has 33 heavy (non-hydrogen) atoms. The number of cyclic esters (lactones) is 1. The van der Waals surface area contributed by atoms with Gasteiger partial charge in [0, 0.05) is 23.6 Å². The van der Waals surface area contributed by atoms with Crippen LogP contribution in [0, 0.1) is 24.7 Å². The molecule has 0 radical (unpaired) electrons. The Balaban J connectivity index is 2.32. The maximum absolute atomic E-state index is 12.8. The molecule has 6 atom stereocenters. The highest BCUT2D eigenvalue weighted by Gasteiger charge is 2.33. The molecule has 0 amide bonds. The van der Waals surface area contributed by atoms with Gasteiger partial charge in [-0.25, -0.2) is 4.98 Å². The highest BCUT2D eigenvalue weighted by Crippen LogP contribution is 2.24. The minimum absolute atomic E-state index is 0.116. The minimum Gasteiger partial charge on any atom is -0.457 e. The number of aliphatic hydroxyl groups excluding tert-OH is 2. The topological polar surface area (TPSA) is 96.7 Å². The predicted octanol–water partition coefficient (Wildman–Crippen LogP) is 4.65. The van der Waals surface area contributed by atoms with Crippen LogP contribution in [0.1, 0.15) is 64.6 Å². The number of esters is 1. The molecule has 0 bridgehead atoms. The predicted molar refractivity (Wildman–Crippen MR) is 132 cm³/mol. The van der Waals surface area contributed by atoms with Crippen molar-refractivity contribution < 1.29 is 24.5 Å². The van der Waals surface area contributed by atoms with Gasteiger partial charge in [-0.15, -0.1) is 11.3 Å². The summed E-state index contributed by atoms with van der Waals surface area (Å²) >= 11 is 1.55. The Morgan fingerprint density at radius 1 is 1.15 bits per heavy atom. The van der Waals surface area contributed by atoms with E-state index < -0.39 is 36.1 Å². The average molecular weight is 476 g/mol. The smallest absolute Gasteiger partial charge is 0.309 e. The molecule has 0 saturated heterocycles. The lowest BCUT2D eigenvalue weighted by molar-refractivity contribution is -0.151. The lowest BCUT2D eigenvalue weighted by Gasteiger charge is -2.27. The molecule has 2 heterocycles. The second-order valence-corrected chi connectivity index (χ2v) is 10.3. The van der Waals surface area contributed by atoms with Crippen molar-refractivity contribution in [3.8, 4) is 0 Å². The lowest BCUT2D eigenvalue weighted by Crippen LogP contribution is -2.38. The van der Waals surface area contributed by atoms with E-state index in [2.05, 4.69) is 4.98 Å². The molecule has 0 aromatic carbocycles. The minimum atomic E-state index is -1.17. The molecule has 0 spiro atoms. The molecule has 7 heteroatoms. The number of aryl methyl sites for hydroxylation is 1. The molecule has 1 aliphatic heterocycles. The highest BCUT2D eigenvalue weighted by atomic mass is 32.1. The van der Waals surface area contributed by atoms with Crippen LogP contribution in [-0.4, -0.2) is 45.3 Å². The summed E-state index contributed by atoms with van der Waals surface area (Å²) in [6, 6.07) is 0. The summed E-state index contributed by atoms with van der Waals surface area (Å²) in [6.07, 6.45) is 6.20. The third-order valence-electron chi connectivity index (χ3n) is 6.28. The SMILES string of the molecule is CC1=C/C[C@@H](/C(C)=C/c2csc(C)n2)OC(=O)C[C@H](O)C(C)C(=O)[C@H](C)[C@@H](O)[C@@H](C)C\C=C\1. The number of hydrogen-bond donors (Lipinski definition) is 2. The molecule has 0 fully saturated rings. The number of nitrogens with zero attached hydrogens (tertiary/aromatic N) is 1. The first kappa shape index (κ1) is 27.2. The molecular weight excluding hydrogens is 438 g/mol. The van der Waals surface area contributed by atoms with Gasteiger partial charge in [0.05, 0.1) is 29.3 Å². The number of hydrogen-bond acceptors (Lipinski definition) is 7. The van der Waals surface area contributed by atoms with Gasteiger partial charge in [0.25, 0.3) is 0 Å². The van der Waals surface area contributed by atoms with Gasteiger partial charge >= 0.3 is 5.97 Å². The number of carbonyl (C=O) groups excluding carboxylic acids is 2. The van der Waals surface area contributed by atoms with Crippen LogP contribution < -0.4 is 0 Å². The number of aromatic nitrogens is 1. The van der Waals surface area contributed by atoms with Crippen molar-refractivity contribution in [1.82, 2.24) is 4.98 Å². The van der Waals surface area contributed by atoms with Gasteiger partial charge in [-0.05, 0) is 44.8 Å². The van der Waals surface area contributed by atoms with Gasteiger partial charge in [0.15, 0.2) is 0 Å². The van der Waals surface area contributed by atoms with Crippen LogP contribution in [0.15, 0.2) is 34.8 Å². The van der Waals surface area contributed by atoms with Gasteiger partial charge in [0.1, 0.15) is 11.9 Å². The summed E-state index contributed by atoms with van der Waals surface area (Å²) in [5.74, 6) is -2.36. The zero-order valence-corrected chi connectivity index (χ0v) is 21.3. The summed E-state index contributed by atoms with van der Waals surface area (Å²) in [4.78, 5) is 29.9. The zero-order chi connectivity index (χ0) is 24.7. The van der Waals surface area contributed by atoms with E-state index in [1.54, 1.807) is 25.2 Å². The summed E-state index contributed by atoms with van der Waals surface area (Å²) in [5, 5.41) is 24.1. The van der Waals surface area contributed by atoms with Crippen LogP contribution in [0.25, 0.3) is 6.08 Å². The molecule has 1 aliphatic rings. The number of ketones is 1.